The van der Waals surface area contributed by atoms with Gasteiger partial charge in [0.05, 0.1) is 0 Å². The third-order valence-electron chi connectivity index (χ3n) is 1.86. The van der Waals surface area contributed by atoms with Gasteiger partial charge in [0.1, 0.15) is 11.9 Å². The van der Waals surface area contributed by atoms with Crippen LogP contribution in [0.1, 0.15) is 13.3 Å². The van der Waals surface area contributed by atoms with Crippen LogP contribution in [-0.2, 0) is 0 Å². The van der Waals surface area contributed by atoms with Gasteiger partial charge < -0.3 is 10.5 Å². The van der Waals surface area contributed by atoms with Crippen LogP contribution in [0.15, 0.2) is 18.2 Å². The van der Waals surface area contributed by atoms with Crippen LogP contribution in [0.4, 0.5) is 0 Å². The molecule has 1 aromatic carbocycles. The van der Waals surface area contributed by atoms with E-state index in [1.807, 2.05) is 6.92 Å². The Balaban J connectivity index is 2.75. The maximum absolute atomic E-state index is 5.82. The Bertz CT molecular complexity index is 280. The molecule has 1 aromatic rings. The van der Waals surface area contributed by atoms with E-state index in [2.05, 4.69) is 0 Å². The smallest absolute Gasteiger partial charge is 0.122 e. The first-order valence-electron chi connectivity index (χ1n) is 4.48. The maximum Gasteiger partial charge on any atom is 0.122 e. The lowest BCUT2D eigenvalue weighted by molar-refractivity contribution is 0.205. The van der Waals surface area contributed by atoms with Gasteiger partial charge in [0.2, 0.25) is 0 Å². The van der Waals surface area contributed by atoms with Gasteiger partial charge in [0.15, 0.2) is 0 Å². The molecule has 1 unspecified atom stereocenters. The standard InChI is InChI=1S/C10H13Cl2NO/c1-2-9(6-13)14-10-4-7(11)3-8(12)5-10/h3-5,9H,2,6,13H2,1H3. The highest BCUT2D eigenvalue weighted by Gasteiger charge is 2.06. The quantitative estimate of drug-likeness (QED) is 0.868. The second-order valence-electron chi connectivity index (χ2n) is 2.99. The fourth-order valence-corrected chi connectivity index (χ4v) is 1.59. The highest BCUT2D eigenvalue weighted by molar-refractivity contribution is 6.34. The Hall–Kier alpha value is -0.440. The fraction of sp³-hybridized carbons (Fsp3) is 0.400. The Morgan fingerprint density at radius 1 is 1.29 bits per heavy atom. The van der Waals surface area contributed by atoms with Crippen LogP contribution in [0.5, 0.6) is 5.75 Å². The van der Waals surface area contributed by atoms with Crippen molar-refractivity contribution in [1.29, 1.82) is 0 Å². The zero-order valence-corrected chi connectivity index (χ0v) is 9.48. The predicted molar refractivity (Wildman–Crippen MR) is 60.2 cm³/mol. The Labute approximate surface area is 94.0 Å². The third-order valence-corrected chi connectivity index (χ3v) is 2.29. The van der Waals surface area contributed by atoms with Crippen molar-refractivity contribution in [3.63, 3.8) is 0 Å². The number of benzene rings is 1. The topological polar surface area (TPSA) is 35.2 Å². The summed E-state index contributed by atoms with van der Waals surface area (Å²) in [6, 6.07) is 5.12. The van der Waals surface area contributed by atoms with E-state index in [9.17, 15) is 0 Å². The van der Waals surface area contributed by atoms with Gasteiger partial charge >= 0.3 is 0 Å². The monoisotopic (exact) mass is 233 g/mol. The molecule has 0 aliphatic heterocycles. The molecule has 14 heavy (non-hydrogen) atoms. The van der Waals surface area contributed by atoms with E-state index < -0.39 is 0 Å². The SMILES string of the molecule is CCC(CN)Oc1cc(Cl)cc(Cl)c1. The minimum absolute atomic E-state index is 0.0181. The summed E-state index contributed by atoms with van der Waals surface area (Å²) in [4.78, 5) is 0. The van der Waals surface area contributed by atoms with E-state index in [4.69, 9.17) is 33.7 Å². The molecule has 0 saturated heterocycles. The normalized spacial score (nSPS) is 12.6. The van der Waals surface area contributed by atoms with Gasteiger partial charge in [0.25, 0.3) is 0 Å². The van der Waals surface area contributed by atoms with Gasteiger partial charge in [-0.2, -0.15) is 0 Å². The summed E-state index contributed by atoms with van der Waals surface area (Å²) in [5.41, 5.74) is 5.52. The minimum Gasteiger partial charge on any atom is -0.489 e. The number of nitrogens with two attached hydrogens (primary N) is 1. The molecule has 2 N–H and O–H groups in total. The van der Waals surface area contributed by atoms with E-state index in [0.717, 1.165) is 6.42 Å². The summed E-state index contributed by atoms with van der Waals surface area (Å²) in [7, 11) is 0. The predicted octanol–water partition coefficient (Wildman–Crippen LogP) is 3.11. The molecule has 0 spiro atoms. The molecule has 0 aliphatic carbocycles. The number of rotatable bonds is 4. The van der Waals surface area contributed by atoms with E-state index in [1.54, 1.807) is 18.2 Å². The summed E-state index contributed by atoms with van der Waals surface area (Å²) in [5.74, 6) is 0.666. The lowest BCUT2D eigenvalue weighted by Gasteiger charge is -2.15. The van der Waals surface area contributed by atoms with Gasteiger partial charge in [-0.3, -0.25) is 0 Å². The number of ether oxygens (including phenoxy) is 1. The van der Waals surface area contributed by atoms with E-state index in [0.29, 0.717) is 22.3 Å². The maximum atomic E-state index is 5.82. The van der Waals surface area contributed by atoms with Gasteiger partial charge in [-0.25, -0.2) is 0 Å². The number of hydrogen-bond acceptors (Lipinski definition) is 2. The molecule has 1 rings (SSSR count). The summed E-state index contributed by atoms with van der Waals surface area (Å²) in [6.45, 7) is 2.50. The van der Waals surface area contributed by atoms with Crippen molar-refractivity contribution >= 4 is 23.2 Å². The average molecular weight is 234 g/mol. The van der Waals surface area contributed by atoms with Crippen LogP contribution >= 0.6 is 23.2 Å². The van der Waals surface area contributed by atoms with Crippen molar-refractivity contribution in [2.75, 3.05) is 6.54 Å². The van der Waals surface area contributed by atoms with Gasteiger partial charge in [-0.05, 0) is 24.6 Å². The second kappa shape index (κ2) is 5.44. The van der Waals surface area contributed by atoms with Crippen molar-refractivity contribution in [1.82, 2.24) is 0 Å². The van der Waals surface area contributed by atoms with Crippen molar-refractivity contribution in [3.8, 4) is 5.75 Å². The lowest BCUT2D eigenvalue weighted by atomic mass is 10.2. The Kier molecular flexibility index (Phi) is 4.52. The fourth-order valence-electron chi connectivity index (χ4n) is 1.09. The molecule has 0 heterocycles. The van der Waals surface area contributed by atoms with Crippen molar-refractivity contribution in [2.24, 2.45) is 5.73 Å². The van der Waals surface area contributed by atoms with Gasteiger partial charge in [-0.15, -0.1) is 0 Å². The second-order valence-corrected chi connectivity index (χ2v) is 3.86. The largest absolute Gasteiger partial charge is 0.489 e. The molecule has 78 valence electrons. The molecule has 0 aliphatic rings. The van der Waals surface area contributed by atoms with E-state index >= 15 is 0 Å². The molecule has 0 fully saturated rings. The average Bonchev–Trinajstić information content (AvgIpc) is 2.12. The highest BCUT2D eigenvalue weighted by Crippen LogP contribution is 2.25. The summed E-state index contributed by atoms with van der Waals surface area (Å²) >= 11 is 11.6. The summed E-state index contributed by atoms with van der Waals surface area (Å²) in [5, 5.41) is 1.14. The van der Waals surface area contributed by atoms with E-state index in [-0.39, 0.29) is 6.10 Å². The molecule has 2 nitrogen and oxygen atoms in total. The van der Waals surface area contributed by atoms with Crippen LogP contribution in [0.25, 0.3) is 0 Å². The van der Waals surface area contributed by atoms with Crippen LogP contribution in [-0.4, -0.2) is 12.6 Å². The van der Waals surface area contributed by atoms with E-state index in [1.165, 1.54) is 0 Å². The third kappa shape index (κ3) is 3.37. The lowest BCUT2D eigenvalue weighted by Crippen LogP contribution is -2.25. The highest BCUT2D eigenvalue weighted by atomic mass is 35.5. The molecule has 0 amide bonds. The van der Waals surface area contributed by atoms with Crippen LogP contribution in [0.2, 0.25) is 10.0 Å². The first-order valence-corrected chi connectivity index (χ1v) is 5.24. The Morgan fingerprint density at radius 3 is 2.29 bits per heavy atom. The first kappa shape index (κ1) is 11.6. The molecule has 0 radical (unpaired) electrons. The van der Waals surface area contributed by atoms with Gasteiger partial charge in [0, 0.05) is 16.6 Å². The molecule has 0 saturated carbocycles. The number of hydrogen-bond donors (Lipinski definition) is 1. The molecule has 0 bridgehead atoms. The molecular weight excluding hydrogens is 221 g/mol. The molecule has 1 atom stereocenters. The van der Waals surface area contributed by atoms with Crippen molar-refractivity contribution in [2.45, 2.75) is 19.4 Å². The van der Waals surface area contributed by atoms with Crippen molar-refractivity contribution < 1.29 is 4.74 Å². The van der Waals surface area contributed by atoms with Crippen molar-refractivity contribution in [3.05, 3.63) is 28.2 Å². The molecule has 0 aromatic heterocycles. The van der Waals surface area contributed by atoms with Crippen LogP contribution in [0.3, 0.4) is 0 Å². The number of halogens is 2. The first-order chi connectivity index (χ1) is 6.65. The molecule has 4 heteroatoms. The zero-order chi connectivity index (χ0) is 10.6. The van der Waals surface area contributed by atoms with Gasteiger partial charge in [-0.1, -0.05) is 30.1 Å². The van der Waals surface area contributed by atoms with Crippen LogP contribution in [0, 0.1) is 0 Å². The Morgan fingerprint density at radius 2 is 1.86 bits per heavy atom. The summed E-state index contributed by atoms with van der Waals surface area (Å²) in [6.07, 6.45) is 0.880. The summed E-state index contributed by atoms with van der Waals surface area (Å²) < 4.78 is 5.58. The zero-order valence-electron chi connectivity index (χ0n) is 7.97. The van der Waals surface area contributed by atoms with Crippen LogP contribution < -0.4 is 10.5 Å². The minimum atomic E-state index is 0.0181. The molecular formula is C10H13Cl2NO.